The lowest BCUT2D eigenvalue weighted by atomic mass is 10.3. The number of ether oxygens (including phenoxy) is 1. The summed E-state index contributed by atoms with van der Waals surface area (Å²) in [4.78, 5) is 21.8. The van der Waals surface area contributed by atoms with E-state index in [1.165, 1.54) is 18.2 Å². The summed E-state index contributed by atoms with van der Waals surface area (Å²) < 4.78 is 6.14. The van der Waals surface area contributed by atoms with Crippen LogP contribution < -0.4 is 10.1 Å². The minimum Gasteiger partial charge on any atom is -0.484 e. The molecule has 2 aromatic carbocycles. The molecule has 108 valence electrons. The molecule has 0 unspecified atom stereocenters. The summed E-state index contributed by atoms with van der Waals surface area (Å²) in [6, 6.07) is 12.8. The maximum absolute atomic E-state index is 11.7. The van der Waals surface area contributed by atoms with Crippen LogP contribution in [0.2, 0.25) is 0 Å². The zero-order chi connectivity index (χ0) is 15.2. The van der Waals surface area contributed by atoms with Gasteiger partial charge in [0.05, 0.1) is 11.0 Å². The van der Waals surface area contributed by atoms with Crippen molar-refractivity contribution in [2.24, 2.45) is 0 Å². The number of hydrogen-bond acceptors (Lipinski definition) is 4. The van der Waals surface area contributed by atoms with Crippen LogP contribution in [0.25, 0.3) is 0 Å². The number of carbonyl (C=O) groups excluding carboxylic acids is 1. The molecule has 2 aromatic rings. The van der Waals surface area contributed by atoms with Crippen molar-refractivity contribution in [1.29, 1.82) is 0 Å². The number of nitro groups is 1. The number of carbonyl (C=O) groups is 1. The minimum absolute atomic E-state index is 0.0826. The van der Waals surface area contributed by atoms with Crippen LogP contribution in [-0.2, 0) is 4.79 Å². The second-order valence-electron chi connectivity index (χ2n) is 4.10. The van der Waals surface area contributed by atoms with Crippen molar-refractivity contribution >= 4 is 33.2 Å². The molecule has 0 radical (unpaired) electrons. The highest BCUT2D eigenvalue weighted by atomic mass is 79.9. The molecule has 0 aliphatic rings. The molecule has 0 saturated carbocycles. The molecule has 1 amide bonds. The number of nitrogens with one attached hydrogen (secondary N) is 1. The summed E-state index contributed by atoms with van der Waals surface area (Å²) in [5, 5.41) is 13.3. The molecule has 0 heterocycles. The number of benzene rings is 2. The van der Waals surface area contributed by atoms with Gasteiger partial charge in [-0.1, -0.05) is 22.0 Å². The largest absolute Gasteiger partial charge is 0.484 e. The number of nitrogens with zero attached hydrogens (tertiary/aromatic N) is 1. The lowest BCUT2D eigenvalue weighted by Crippen LogP contribution is -2.20. The Morgan fingerprint density at radius 3 is 2.62 bits per heavy atom. The molecule has 0 atom stereocenters. The average Bonchev–Trinajstić information content (AvgIpc) is 2.48. The monoisotopic (exact) mass is 350 g/mol. The molecule has 0 fully saturated rings. The minimum atomic E-state index is -0.519. The first-order chi connectivity index (χ1) is 10.0. The third kappa shape index (κ3) is 4.57. The van der Waals surface area contributed by atoms with E-state index in [4.69, 9.17) is 4.74 Å². The molecular weight excluding hydrogens is 340 g/mol. The Balaban J connectivity index is 1.90. The number of anilines is 1. The third-order valence-corrected chi connectivity index (χ3v) is 3.06. The molecule has 0 aromatic heterocycles. The Morgan fingerprint density at radius 2 is 1.95 bits per heavy atom. The summed E-state index contributed by atoms with van der Waals surface area (Å²) in [6.45, 7) is -0.225. The van der Waals surface area contributed by atoms with E-state index in [-0.39, 0.29) is 24.0 Å². The van der Waals surface area contributed by atoms with Crippen LogP contribution in [0.4, 0.5) is 11.4 Å². The van der Waals surface area contributed by atoms with E-state index >= 15 is 0 Å². The SMILES string of the molecule is O=C(COc1cccc([N+](=O)[O-])c1)Nc1ccc(Br)cc1. The van der Waals surface area contributed by atoms with E-state index < -0.39 is 4.92 Å². The molecule has 0 aliphatic heterocycles. The maximum atomic E-state index is 11.7. The van der Waals surface area contributed by atoms with Gasteiger partial charge in [-0.25, -0.2) is 0 Å². The van der Waals surface area contributed by atoms with Crippen molar-refractivity contribution < 1.29 is 14.5 Å². The van der Waals surface area contributed by atoms with Crippen LogP contribution in [0.15, 0.2) is 53.0 Å². The van der Waals surface area contributed by atoms with E-state index in [2.05, 4.69) is 21.2 Å². The van der Waals surface area contributed by atoms with Crippen molar-refractivity contribution in [2.75, 3.05) is 11.9 Å². The summed E-state index contributed by atoms with van der Waals surface area (Å²) in [5.74, 6) is -0.0704. The smallest absolute Gasteiger partial charge is 0.273 e. The maximum Gasteiger partial charge on any atom is 0.273 e. The van der Waals surface area contributed by atoms with Gasteiger partial charge in [-0.3, -0.25) is 14.9 Å². The number of rotatable bonds is 5. The second kappa shape index (κ2) is 6.85. The molecule has 21 heavy (non-hydrogen) atoms. The number of amides is 1. The predicted molar refractivity (Wildman–Crippen MR) is 81.4 cm³/mol. The van der Waals surface area contributed by atoms with Crippen molar-refractivity contribution in [3.05, 3.63) is 63.1 Å². The molecule has 0 spiro atoms. The molecule has 1 N–H and O–H groups in total. The van der Waals surface area contributed by atoms with Gasteiger partial charge < -0.3 is 10.1 Å². The zero-order valence-electron chi connectivity index (χ0n) is 10.8. The number of non-ortho nitro benzene ring substituents is 1. The van der Waals surface area contributed by atoms with Crippen LogP contribution >= 0.6 is 15.9 Å². The van der Waals surface area contributed by atoms with Gasteiger partial charge >= 0.3 is 0 Å². The summed E-state index contributed by atoms with van der Waals surface area (Å²) in [5.41, 5.74) is 0.562. The Hall–Kier alpha value is -2.41. The predicted octanol–water partition coefficient (Wildman–Crippen LogP) is 3.37. The van der Waals surface area contributed by atoms with Crippen LogP contribution in [0, 0.1) is 10.1 Å². The molecule has 2 rings (SSSR count). The first kappa shape index (κ1) is 15.0. The number of halogens is 1. The van der Waals surface area contributed by atoms with Crippen LogP contribution in [0.3, 0.4) is 0 Å². The topological polar surface area (TPSA) is 81.5 Å². The van der Waals surface area contributed by atoms with Crippen LogP contribution in [0.5, 0.6) is 5.75 Å². The lowest BCUT2D eigenvalue weighted by molar-refractivity contribution is -0.384. The number of nitro benzene ring substituents is 1. The van der Waals surface area contributed by atoms with Gasteiger partial charge in [-0.05, 0) is 30.3 Å². The van der Waals surface area contributed by atoms with Gasteiger partial charge in [0.25, 0.3) is 11.6 Å². The van der Waals surface area contributed by atoms with Gasteiger partial charge in [0, 0.05) is 16.2 Å². The first-order valence-corrected chi connectivity index (χ1v) is 6.76. The van der Waals surface area contributed by atoms with Crippen molar-refractivity contribution in [3.63, 3.8) is 0 Å². The fourth-order valence-corrected chi connectivity index (χ4v) is 1.83. The molecular formula is C14H11BrN2O4. The highest BCUT2D eigenvalue weighted by Gasteiger charge is 2.08. The Labute approximate surface area is 129 Å². The average molecular weight is 351 g/mol. The Kier molecular flexibility index (Phi) is 4.89. The standard InChI is InChI=1S/C14H11BrN2O4/c15-10-4-6-11(7-5-10)16-14(18)9-21-13-3-1-2-12(8-13)17(19)20/h1-8H,9H2,(H,16,18). The summed E-state index contributed by atoms with van der Waals surface area (Å²) in [6.07, 6.45) is 0. The molecule has 0 saturated heterocycles. The Bertz CT molecular complexity index is 658. The van der Waals surface area contributed by atoms with Crippen molar-refractivity contribution in [2.45, 2.75) is 0 Å². The highest BCUT2D eigenvalue weighted by Crippen LogP contribution is 2.19. The van der Waals surface area contributed by atoms with Gasteiger partial charge in [0.15, 0.2) is 6.61 Å². The molecule has 0 aliphatic carbocycles. The normalized spacial score (nSPS) is 9.95. The van der Waals surface area contributed by atoms with Crippen molar-refractivity contribution in [3.8, 4) is 5.75 Å². The highest BCUT2D eigenvalue weighted by molar-refractivity contribution is 9.10. The summed E-state index contributed by atoms with van der Waals surface area (Å²) in [7, 11) is 0. The van der Waals surface area contributed by atoms with Gasteiger partial charge in [0.1, 0.15) is 5.75 Å². The Morgan fingerprint density at radius 1 is 1.24 bits per heavy atom. The fraction of sp³-hybridized carbons (Fsp3) is 0.0714. The van der Waals surface area contributed by atoms with Crippen LogP contribution in [-0.4, -0.2) is 17.4 Å². The molecule has 0 bridgehead atoms. The van der Waals surface area contributed by atoms with E-state index in [1.54, 1.807) is 30.3 Å². The number of hydrogen-bond donors (Lipinski definition) is 1. The molecule has 6 nitrogen and oxygen atoms in total. The fourth-order valence-electron chi connectivity index (χ4n) is 1.57. The zero-order valence-corrected chi connectivity index (χ0v) is 12.4. The van der Waals surface area contributed by atoms with E-state index in [0.717, 1.165) is 4.47 Å². The second-order valence-corrected chi connectivity index (χ2v) is 5.01. The van der Waals surface area contributed by atoms with E-state index in [1.807, 2.05) is 0 Å². The van der Waals surface area contributed by atoms with E-state index in [9.17, 15) is 14.9 Å². The first-order valence-electron chi connectivity index (χ1n) is 5.97. The lowest BCUT2D eigenvalue weighted by Gasteiger charge is -2.07. The van der Waals surface area contributed by atoms with E-state index in [0.29, 0.717) is 5.69 Å². The van der Waals surface area contributed by atoms with Crippen LogP contribution in [0.1, 0.15) is 0 Å². The van der Waals surface area contributed by atoms with Gasteiger partial charge in [0.2, 0.25) is 0 Å². The van der Waals surface area contributed by atoms with Gasteiger partial charge in [-0.15, -0.1) is 0 Å². The molecule has 7 heteroatoms. The third-order valence-electron chi connectivity index (χ3n) is 2.53. The summed E-state index contributed by atoms with van der Waals surface area (Å²) >= 11 is 3.30. The van der Waals surface area contributed by atoms with Gasteiger partial charge in [-0.2, -0.15) is 0 Å². The van der Waals surface area contributed by atoms with Crippen molar-refractivity contribution in [1.82, 2.24) is 0 Å². The quantitative estimate of drug-likeness (QED) is 0.661.